The monoisotopic (exact) mass is 337 g/mol. The highest BCUT2D eigenvalue weighted by Crippen LogP contribution is 2.24. The van der Waals surface area contributed by atoms with Crippen LogP contribution in [0, 0.1) is 6.92 Å². The van der Waals surface area contributed by atoms with E-state index in [4.69, 9.17) is 11.6 Å². The van der Waals surface area contributed by atoms with Crippen molar-refractivity contribution in [3.05, 3.63) is 34.3 Å². The van der Waals surface area contributed by atoms with E-state index in [1.165, 1.54) is 0 Å². The Labute approximate surface area is 144 Å². The summed E-state index contributed by atoms with van der Waals surface area (Å²) in [5.41, 5.74) is 2.11. The van der Waals surface area contributed by atoms with Crippen LogP contribution in [-0.4, -0.2) is 48.6 Å². The zero-order valence-corrected chi connectivity index (χ0v) is 15.4. The molecule has 1 aliphatic rings. The molecule has 0 bridgehead atoms. The van der Waals surface area contributed by atoms with Crippen LogP contribution in [0.4, 0.5) is 4.79 Å². The standard InChI is InChI=1S/C18H28ClN3O/c1-5-22(15-9-11-21(4)12-10-15)18(23)20-14(3)16-7-6-8-17(19)13(16)2/h6-8,14-15H,5,9-12H2,1-4H3,(H,20,23). The van der Waals surface area contributed by atoms with Gasteiger partial charge in [0.25, 0.3) is 0 Å². The van der Waals surface area contributed by atoms with Crippen LogP contribution in [0.2, 0.25) is 5.02 Å². The van der Waals surface area contributed by atoms with E-state index in [-0.39, 0.29) is 12.1 Å². The number of hydrogen-bond donors (Lipinski definition) is 1. The Morgan fingerprint density at radius 3 is 2.70 bits per heavy atom. The molecule has 2 rings (SSSR count). The minimum absolute atomic E-state index is 0.0222. The molecule has 1 atom stereocenters. The van der Waals surface area contributed by atoms with Gasteiger partial charge in [-0.3, -0.25) is 0 Å². The SMILES string of the molecule is CCN(C(=O)NC(C)c1cccc(Cl)c1C)C1CCN(C)CC1. The van der Waals surface area contributed by atoms with Crippen molar-refractivity contribution in [1.29, 1.82) is 0 Å². The number of urea groups is 1. The maximum atomic E-state index is 12.7. The summed E-state index contributed by atoms with van der Waals surface area (Å²) in [5, 5.41) is 3.88. The Balaban J connectivity index is 2.02. The van der Waals surface area contributed by atoms with Crippen LogP contribution >= 0.6 is 11.6 Å². The predicted molar refractivity (Wildman–Crippen MR) is 96.0 cm³/mol. The van der Waals surface area contributed by atoms with Gasteiger partial charge in [0.05, 0.1) is 6.04 Å². The summed E-state index contributed by atoms with van der Waals surface area (Å²) in [5.74, 6) is 0. The molecule has 1 heterocycles. The van der Waals surface area contributed by atoms with E-state index < -0.39 is 0 Å². The molecule has 1 aromatic rings. The van der Waals surface area contributed by atoms with E-state index in [2.05, 4.69) is 17.3 Å². The topological polar surface area (TPSA) is 35.6 Å². The van der Waals surface area contributed by atoms with Crippen LogP contribution in [0.3, 0.4) is 0 Å². The normalized spacial score (nSPS) is 17.8. The number of piperidine rings is 1. The lowest BCUT2D eigenvalue weighted by molar-refractivity contribution is 0.133. The first-order valence-corrected chi connectivity index (χ1v) is 8.82. The molecule has 1 aliphatic heterocycles. The molecular weight excluding hydrogens is 310 g/mol. The van der Waals surface area contributed by atoms with Gasteiger partial charge in [0.1, 0.15) is 0 Å². The van der Waals surface area contributed by atoms with Crippen molar-refractivity contribution >= 4 is 17.6 Å². The van der Waals surface area contributed by atoms with Gasteiger partial charge in [-0.25, -0.2) is 4.79 Å². The lowest BCUT2D eigenvalue weighted by Gasteiger charge is -2.37. The third-order valence-electron chi connectivity index (χ3n) is 4.85. The van der Waals surface area contributed by atoms with Crippen molar-refractivity contribution in [1.82, 2.24) is 15.1 Å². The van der Waals surface area contributed by atoms with E-state index in [1.807, 2.05) is 43.9 Å². The summed E-state index contributed by atoms with van der Waals surface area (Å²) in [6, 6.07) is 6.14. The van der Waals surface area contributed by atoms with Crippen molar-refractivity contribution in [2.75, 3.05) is 26.7 Å². The number of carbonyl (C=O) groups excluding carboxylic acids is 1. The number of hydrogen-bond acceptors (Lipinski definition) is 2. The van der Waals surface area contributed by atoms with Gasteiger partial charge in [0.2, 0.25) is 0 Å². The van der Waals surface area contributed by atoms with Gasteiger partial charge in [-0.05, 0) is 70.9 Å². The number of amides is 2. The van der Waals surface area contributed by atoms with E-state index >= 15 is 0 Å². The van der Waals surface area contributed by atoms with Gasteiger partial charge >= 0.3 is 6.03 Å². The quantitative estimate of drug-likeness (QED) is 0.906. The lowest BCUT2D eigenvalue weighted by Crippen LogP contribution is -2.50. The Bertz CT molecular complexity index is 541. The van der Waals surface area contributed by atoms with Crippen LogP contribution in [0.1, 0.15) is 43.9 Å². The third-order valence-corrected chi connectivity index (χ3v) is 5.26. The molecule has 0 radical (unpaired) electrons. The minimum Gasteiger partial charge on any atom is -0.331 e. The van der Waals surface area contributed by atoms with E-state index in [0.29, 0.717) is 6.04 Å². The van der Waals surface area contributed by atoms with Crippen LogP contribution in [0.25, 0.3) is 0 Å². The first-order valence-electron chi connectivity index (χ1n) is 8.44. The van der Waals surface area contributed by atoms with E-state index in [1.54, 1.807) is 0 Å². The fourth-order valence-corrected chi connectivity index (χ4v) is 3.50. The maximum absolute atomic E-state index is 12.7. The van der Waals surface area contributed by atoms with Crippen LogP contribution < -0.4 is 5.32 Å². The van der Waals surface area contributed by atoms with Crippen LogP contribution in [0.15, 0.2) is 18.2 Å². The number of likely N-dealkylation sites (tertiary alicyclic amines) is 1. The van der Waals surface area contributed by atoms with Gasteiger partial charge < -0.3 is 15.1 Å². The highest BCUT2D eigenvalue weighted by Gasteiger charge is 2.26. The van der Waals surface area contributed by atoms with Crippen molar-refractivity contribution in [2.24, 2.45) is 0 Å². The van der Waals surface area contributed by atoms with Gasteiger partial charge in [-0.15, -0.1) is 0 Å². The first-order chi connectivity index (χ1) is 10.9. The predicted octanol–water partition coefficient (Wildman–Crippen LogP) is 3.84. The average Bonchev–Trinajstić information content (AvgIpc) is 2.52. The average molecular weight is 338 g/mol. The summed E-state index contributed by atoms with van der Waals surface area (Å²) in [6.45, 7) is 8.90. The van der Waals surface area contributed by atoms with Gasteiger partial charge in [-0.2, -0.15) is 0 Å². The molecule has 1 aromatic carbocycles. The van der Waals surface area contributed by atoms with E-state index in [9.17, 15) is 4.79 Å². The molecule has 23 heavy (non-hydrogen) atoms. The van der Waals surface area contributed by atoms with Gasteiger partial charge in [-0.1, -0.05) is 23.7 Å². The van der Waals surface area contributed by atoms with Crippen molar-refractivity contribution in [2.45, 2.75) is 45.7 Å². The van der Waals surface area contributed by atoms with Gasteiger partial charge in [0.15, 0.2) is 0 Å². The van der Waals surface area contributed by atoms with Crippen LogP contribution in [-0.2, 0) is 0 Å². The zero-order chi connectivity index (χ0) is 17.0. The molecule has 1 unspecified atom stereocenters. The molecule has 2 amide bonds. The summed E-state index contributed by atoms with van der Waals surface area (Å²) in [4.78, 5) is 17.0. The molecule has 0 saturated carbocycles. The van der Waals surface area contributed by atoms with Gasteiger partial charge in [0, 0.05) is 17.6 Å². The Hall–Kier alpha value is -1.26. The molecule has 0 aliphatic carbocycles. The number of nitrogens with zero attached hydrogens (tertiary/aromatic N) is 2. The third kappa shape index (κ3) is 4.39. The number of halogens is 1. The molecule has 1 fully saturated rings. The molecular formula is C18H28ClN3O. The molecule has 1 saturated heterocycles. The number of benzene rings is 1. The summed E-state index contributed by atoms with van der Waals surface area (Å²) in [6.07, 6.45) is 2.09. The number of carbonyl (C=O) groups is 1. The van der Waals surface area contributed by atoms with E-state index in [0.717, 1.165) is 48.6 Å². The molecule has 0 spiro atoms. The fraction of sp³-hybridized carbons (Fsp3) is 0.611. The van der Waals surface area contributed by atoms with Crippen LogP contribution in [0.5, 0.6) is 0 Å². The molecule has 5 heteroatoms. The van der Waals surface area contributed by atoms with Crippen molar-refractivity contribution in [3.63, 3.8) is 0 Å². The Morgan fingerprint density at radius 2 is 2.09 bits per heavy atom. The Morgan fingerprint density at radius 1 is 1.43 bits per heavy atom. The number of nitrogens with one attached hydrogen (secondary N) is 1. The molecule has 128 valence electrons. The molecule has 1 N–H and O–H groups in total. The second-order valence-corrected chi connectivity index (χ2v) is 6.85. The highest BCUT2D eigenvalue weighted by molar-refractivity contribution is 6.31. The largest absolute Gasteiger partial charge is 0.331 e. The second-order valence-electron chi connectivity index (χ2n) is 6.45. The minimum atomic E-state index is -0.0542. The Kier molecular flexibility index (Phi) is 6.31. The maximum Gasteiger partial charge on any atom is 0.318 e. The highest BCUT2D eigenvalue weighted by atomic mass is 35.5. The smallest absolute Gasteiger partial charge is 0.318 e. The first kappa shape index (κ1) is 18.1. The van der Waals surface area contributed by atoms with Crippen molar-refractivity contribution < 1.29 is 4.79 Å². The zero-order valence-electron chi connectivity index (χ0n) is 14.6. The number of rotatable bonds is 4. The second kappa shape index (κ2) is 8.02. The van der Waals surface area contributed by atoms with Crippen molar-refractivity contribution in [3.8, 4) is 0 Å². The molecule has 4 nitrogen and oxygen atoms in total. The summed E-state index contributed by atoms with van der Waals surface area (Å²) < 4.78 is 0. The lowest BCUT2D eigenvalue weighted by atomic mass is 10.0. The summed E-state index contributed by atoms with van der Waals surface area (Å²) >= 11 is 6.19. The fourth-order valence-electron chi connectivity index (χ4n) is 3.31. The molecule has 0 aromatic heterocycles. The summed E-state index contributed by atoms with van der Waals surface area (Å²) in [7, 11) is 2.14.